The average molecular weight is 377 g/mol. The third kappa shape index (κ3) is 4.03. The Labute approximate surface area is 162 Å². The number of anilines is 1. The van der Waals surface area contributed by atoms with Crippen molar-refractivity contribution in [1.82, 2.24) is 19.5 Å². The van der Waals surface area contributed by atoms with Crippen molar-refractivity contribution in [2.24, 2.45) is 0 Å². The third-order valence-corrected chi connectivity index (χ3v) is 5.03. The van der Waals surface area contributed by atoms with Crippen LogP contribution < -0.4 is 16.6 Å². The summed E-state index contributed by atoms with van der Waals surface area (Å²) >= 11 is 0. The first kappa shape index (κ1) is 18.2. The third-order valence-electron chi connectivity index (χ3n) is 5.03. The first-order chi connectivity index (χ1) is 13.7. The summed E-state index contributed by atoms with van der Waals surface area (Å²) in [5.74, 6) is 0.416. The molecule has 0 amide bonds. The topological polar surface area (TPSA) is 92.7 Å². The molecule has 0 atom stereocenters. The number of hydrogen-bond acceptors (Lipinski definition) is 5. The number of fused-ring (bicyclic) bond motifs is 1. The fraction of sp³-hybridized carbons (Fsp3) is 0.333. The Bertz CT molecular complexity index is 1120. The van der Waals surface area contributed by atoms with Crippen molar-refractivity contribution < 1.29 is 0 Å². The Hall–Kier alpha value is -3.22. The van der Waals surface area contributed by atoms with Crippen molar-refractivity contribution in [3.8, 4) is 0 Å². The number of H-pyrrole nitrogens is 1. The van der Waals surface area contributed by atoms with E-state index in [1.807, 2.05) is 30.3 Å². The van der Waals surface area contributed by atoms with Gasteiger partial charge in [0.1, 0.15) is 5.39 Å². The molecular formula is C21H23N5O2. The van der Waals surface area contributed by atoms with Crippen LogP contribution in [0.4, 0.5) is 5.95 Å². The summed E-state index contributed by atoms with van der Waals surface area (Å²) in [5.41, 5.74) is 1.75. The summed E-state index contributed by atoms with van der Waals surface area (Å²) in [5, 5.41) is 3.49. The van der Waals surface area contributed by atoms with Gasteiger partial charge in [-0.05, 0) is 37.7 Å². The number of allylic oxidation sites excluding steroid dienone is 1. The second-order valence-electron chi connectivity index (χ2n) is 7.05. The van der Waals surface area contributed by atoms with Crippen LogP contribution in [0.25, 0.3) is 11.0 Å². The van der Waals surface area contributed by atoms with E-state index >= 15 is 0 Å². The zero-order valence-corrected chi connectivity index (χ0v) is 15.6. The highest BCUT2D eigenvalue weighted by Crippen LogP contribution is 2.19. The minimum atomic E-state index is -0.474. The van der Waals surface area contributed by atoms with Crippen LogP contribution in [-0.4, -0.2) is 26.1 Å². The van der Waals surface area contributed by atoms with Crippen molar-refractivity contribution in [3.05, 3.63) is 74.6 Å². The zero-order valence-electron chi connectivity index (χ0n) is 15.6. The summed E-state index contributed by atoms with van der Waals surface area (Å²) in [7, 11) is 0. The summed E-state index contributed by atoms with van der Waals surface area (Å²) in [6.07, 6.45) is 9.61. The number of nitrogens with zero attached hydrogens (tertiary/aromatic N) is 3. The standard InChI is InChI=1S/C21H23N5O2/c27-19-17-13-23-20(22-12-11-15-7-3-1-4-8-15)24-18(17)25-21(28)26(19)14-16-9-5-2-6-10-16/h2,5-7,9-10,13H,1,3-4,8,11-12,14H2,(H2,22,23,24,25,28). The molecule has 0 spiro atoms. The predicted octanol–water partition coefficient (Wildman–Crippen LogP) is 2.83. The zero-order chi connectivity index (χ0) is 19.3. The molecule has 144 valence electrons. The van der Waals surface area contributed by atoms with E-state index in [4.69, 9.17) is 0 Å². The molecule has 0 aliphatic heterocycles. The van der Waals surface area contributed by atoms with Gasteiger partial charge in [-0.25, -0.2) is 9.78 Å². The van der Waals surface area contributed by atoms with Crippen LogP contribution in [0.15, 0.2) is 57.8 Å². The van der Waals surface area contributed by atoms with E-state index < -0.39 is 5.69 Å². The molecule has 2 heterocycles. The number of hydrogen-bond donors (Lipinski definition) is 2. The summed E-state index contributed by atoms with van der Waals surface area (Å²) in [4.78, 5) is 36.4. The molecule has 0 unspecified atom stereocenters. The molecule has 0 saturated carbocycles. The Morgan fingerprint density at radius 2 is 2.00 bits per heavy atom. The maximum absolute atomic E-state index is 12.7. The van der Waals surface area contributed by atoms with Gasteiger partial charge in [-0.1, -0.05) is 42.0 Å². The molecule has 3 aromatic rings. The van der Waals surface area contributed by atoms with Gasteiger partial charge in [-0.15, -0.1) is 0 Å². The van der Waals surface area contributed by atoms with Gasteiger partial charge < -0.3 is 5.32 Å². The smallest absolute Gasteiger partial charge is 0.330 e. The largest absolute Gasteiger partial charge is 0.354 e. The first-order valence-electron chi connectivity index (χ1n) is 9.66. The lowest BCUT2D eigenvalue weighted by Crippen LogP contribution is -2.35. The van der Waals surface area contributed by atoms with Gasteiger partial charge in [0, 0.05) is 12.7 Å². The van der Waals surface area contributed by atoms with E-state index in [1.54, 1.807) is 0 Å². The molecule has 0 radical (unpaired) electrons. The van der Waals surface area contributed by atoms with Gasteiger partial charge in [-0.3, -0.25) is 14.3 Å². The number of aromatic nitrogens is 4. The van der Waals surface area contributed by atoms with Crippen LogP contribution in [0.3, 0.4) is 0 Å². The van der Waals surface area contributed by atoms with Gasteiger partial charge in [0.15, 0.2) is 5.65 Å². The lowest BCUT2D eigenvalue weighted by molar-refractivity contribution is 0.679. The highest BCUT2D eigenvalue weighted by atomic mass is 16.2. The molecule has 0 fully saturated rings. The Morgan fingerprint density at radius 3 is 2.79 bits per heavy atom. The molecule has 4 rings (SSSR count). The fourth-order valence-electron chi connectivity index (χ4n) is 3.50. The van der Waals surface area contributed by atoms with Gasteiger partial charge in [0.05, 0.1) is 6.54 Å². The normalized spacial score (nSPS) is 14.1. The number of rotatable bonds is 6. The molecule has 28 heavy (non-hydrogen) atoms. The van der Waals surface area contributed by atoms with Crippen molar-refractivity contribution >= 4 is 17.0 Å². The number of aromatic amines is 1. The molecular weight excluding hydrogens is 354 g/mol. The Morgan fingerprint density at radius 1 is 1.14 bits per heavy atom. The quantitative estimate of drug-likeness (QED) is 0.645. The summed E-state index contributed by atoms with van der Waals surface area (Å²) in [6, 6.07) is 9.40. The average Bonchev–Trinajstić information content (AvgIpc) is 2.72. The highest BCUT2D eigenvalue weighted by Gasteiger charge is 2.11. The second-order valence-corrected chi connectivity index (χ2v) is 7.05. The fourth-order valence-corrected chi connectivity index (χ4v) is 3.50. The number of benzene rings is 1. The minimum absolute atomic E-state index is 0.208. The Kier molecular flexibility index (Phi) is 5.32. The summed E-state index contributed by atoms with van der Waals surface area (Å²) < 4.78 is 1.17. The van der Waals surface area contributed by atoms with E-state index in [1.165, 1.54) is 29.2 Å². The second kappa shape index (κ2) is 8.21. The molecule has 2 N–H and O–H groups in total. The lowest BCUT2D eigenvalue weighted by atomic mass is 9.97. The van der Waals surface area contributed by atoms with Crippen LogP contribution in [0.2, 0.25) is 0 Å². The van der Waals surface area contributed by atoms with Crippen molar-refractivity contribution in [3.63, 3.8) is 0 Å². The van der Waals surface area contributed by atoms with E-state index in [9.17, 15) is 9.59 Å². The van der Waals surface area contributed by atoms with Crippen molar-refractivity contribution in [2.75, 3.05) is 11.9 Å². The molecule has 1 aromatic carbocycles. The van der Waals surface area contributed by atoms with Crippen molar-refractivity contribution in [1.29, 1.82) is 0 Å². The van der Waals surface area contributed by atoms with Crippen molar-refractivity contribution in [2.45, 2.75) is 38.6 Å². The maximum Gasteiger partial charge on any atom is 0.330 e. The van der Waals surface area contributed by atoms with Crippen LogP contribution >= 0.6 is 0 Å². The van der Waals surface area contributed by atoms with Crippen LogP contribution in [0.5, 0.6) is 0 Å². The van der Waals surface area contributed by atoms with Crippen LogP contribution in [-0.2, 0) is 6.54 Å². The van der Waals surface area contributed by atoms with Crippen LogP contribution in [0.1, 0.15) is 37.7 Å². The molecule has 0 bridgehead atoms. The van der Waals surface area contributed by atoms with Gasteiger partial charge in [0.2, 0.25) is 5.95 Å². The predicted molar refractivity (Wildman–Crippen MR) is 110 cm³/mol. The van der Waals surface area contributed by atoms with E-state index in [2.05, 4.69) is 26.3 Å². The van der Waals surface area contributed by atoms with Gasteiger partial charge >= 0.3 is 5.69 Å². The maximum atomic E-state index is 12.7. The molecule has 1 aliphatic carbocycles. The first-order valence-corrected chi connectivity index (χ1v) is 9.66. The lowest BCUT2D eigenvalue weighted by Gasteiger charge is -2.13. The molecule has 0 saturated heterocycles. The molecule has 7 heteroatoms. The molecule has 7 nitrogen and oxygen atoms in total. The number of nitrogens with one attached hydrogen (secondary N) is 2. The van der Waals surface area contributed by atoms with Crippen LogP contribution in [0, 0.1) is 0 Å². The Balaban J connectivity index is 1.53. The van der Waals surface area contributed by atoms with E-state index in [0.717, 1.165) is 31.4 Å². The van der Waals surface area contributed by atoms with Gasteiger partial charge in [0.25, 0.3) is 5.56 Å². The van der Waals surface area contributed by atoms with E-state index in [0.29, 0.717) is 11.3 Å². The molecule has 2 aromatic heterocycles. The monoisotopic (exact) mass is 377 g/mol. The highest BCUT2D eigenvalue weighted by molar-refractivity contribution is 5.73. The summed E-state index contributed by atoms with van der Waals surface area (Å²) in [6.45, 7) is 0.937. The SMILES string of the molecule is O=c1[nH]c2nc(NCCC3=CCCCC3)ncc2c(=O)n1Cc1ccccc1. The minimum Gasteiger partial charge on any atom is -0.354 e. The molecule has 1 aliphatic rings. The van der Waals surface area contributed by atoms with Gasteiger partial charge in [-0.2, -0.15) is 4.98 Å². The van der Waals surface area contributed by atoms with E-state index in [-0.39, 0.29) is 17.8 Å².